The summed E-state index contributed by atoms with van der Waals surface area (Å²) in [5.41, 5.74) is 0. The van der Waals surface area contributed by atoms with Crippen molar-refractivity contribution in [3.8, 4) is 0 Å². The van der Waals surface area contributed by atoms with Crippen LogP contribution in [0.4, 0.5) is 0 Å². The summed E-state index contributed by atoms with van der Waals surface area (Å²) >= 11 is 0. The summed E-state index contributed by atoms with van der Waals surface area (Å²) in [7, 11) is 0. The Kier molecular flexibility index (Phi) is 50.6. The Labute approximate surface area is 386 Å². The van der Waals surface area contributed by atoms with Crippen LogP contribution in [-0.2, 0) is 14.3 Å². The number of esters is 1. The first kappa shape index (κ1) is 60.3. The van der Waals surface area contributed by atoms with Crippen molar-refractivity contribution >= 4 is 11.9 Å². The number of hydrogen-bond donors (Lipinski definition) is 3. The number of nitrogens with one attached hydrogen (secondary N) is 1. The number of rotatable bonds is 51. The molecule has 0 saturated heterocycles. The molecule has 62 heavy (non-hydrogen) atoms. The second-order valence-corrected chi connectivity index (χ2v) is 18.9. The smallest absolute Gasteiger partial charge is 0.305 e. The molecule has 0 heterocycles. The van der Waals surface area contributed by atoms with E-state index >= 15 is 0 Å². The number of amides is 1. The number of unbranched alkanes of at least 4 members (excludes halogenated alkanes) is 38. The fraction of sp³-hybridized carbons (Fsp3) is 0.893. The van der Waals surface area contributed by atoms with Gasteiger partial charge in [0.05, 0.1) is 25.4 Å². The van der Waals surface area contributed by atoms with Gasteiger partial charge in [0.25, 0.3) is 0 Å². The summed E-state index contributed by atoms with van der Waals surface area (Å²) in [6, 6.07) is -0.630. The van der Waals surface area contributed by atoms with E-state index in [9.17, 15) is 19.8 Å². The first-order valence-corrected chi connectivity index (χ1v) is 27.6. The van der Waals surface area contributed by atoms with Gasteiger partial charge in [-0.15, -0.1) is 0 Å². The quantitative estimate of drug-likeness (QED) is 0.0321. The van der Waals surface area contributed by atoms with Crippen LogP contribution in [-0.4, -0.2) is 47.4 Å². The van der Waals surface area contributed by atoms with Crippen LogP contribution in [0.1, 0.15) is 296 Å². The minimum Gasteiger partial charge on any atom is -0.466 e. The summed E-state index contributed by atoms with van der Waals surface area (Å²) in [6.45, 7) is 4.86. The molecule has 0 bridgehead atoms. The van der Waals surface area contributed by atoms with Gasteiger partial charge in [0.15, 0.2) is 0 Å². The van der Waals surface area contributed by atoms with Crippen molar-refractivity contribution in [1.29, 1.82) is 0 Å². The maximum Gasteiger partial charge on any atom is 0.305 e. The van der Waals surface area contributed by atoms with Crippen LogP contribution < -0.4 is 5.32 Å². The number of carbonyl (C=O) groups is 2. The highest BCUT2D eigenvalue weighted by molar-refractivity contribution is 5.76. The van der Waals surface area contributed by atoms with E-state index in [0.29, 0.717) is 19.4 Å². The Morgan fingerprint density at radius 2 is 0.774 bits per heavy atom. The van der Waals surface area contributed by atoms with E-state index in [0.717, 1.165) is 44.9 Å². The van der Waals surface area contributed by atoms with Gasteiger partial charge >= 0.3 is 5.97 Å². The second kappa shape index (κ2) is 52.0. The van der Waals surface area contributed by atoms with Crippen molar-refractivity contribution in [2.75, 3.05) is 13.2 Å². The van der Waals surface area contributed by atoms with Crippen LogP contribution in [0.5, 0.6) is 0 Å². The zero-order valence-corrected chi connectivity index (χ0v) is 41.6. The average Bonchev–Trinajstić information content (AvgIpc) is 3.27. The van der Waals surface area contributed by atoms with Crippen molar-refractivity contribution in [1.82, 2.24) is 5.32 Å². The molecule has 0 spiro atoms. The molecule has 0 saturated carbocycles. The normalized spacial score (nSPS) is 12.8. The van der Waals surface area contributed by atoms with Crippen molar-refractivity contribution in [2.24, 2.45) is 0 Å². The molecule has 366 valence electrons. The molecule has 0 aromatic carbocycles. The van der Waals surface area contributed by atoms with Crippen molar-refractivity contribution in [2.45, 2.75) is 309 Å². The molecule has 6 nitrogen and oxygen atoms in total. The molecular weight excluding hydrogens is 767 g/mol. The lowest BCUT2D eigenvalue weighted by atomic mass is 10.0. The number of ether oxygens (including phenoxy) is 1. The maximum atomic E-state index is 12.4. The lowest BCUT2D eigenvalue weighted by Crippen LogP contribution is -2.45. The molecule has 0 rings (SSSR count). The first-order valence-electron chi connectivity index (χ1n) is 27.6. The number of allylic oxidation sites excluding steroid dienone is 3. The van der Waals surface area contributed by atoms with Crippen molar-refractivity contribution in [3.63, 3.8) is 0 Å². The summed E-state index contributed by atoms with van der Waals surface area (Å²) < 4.78 is 5.45. The molecule has 6 heteroatoms. The van der Waals surface area contributed by atoms with Crippen LogP contribution in [0, 0.1) is 0 Å². The lowest BCUT2D eigenvalue weighted by molar-refractivity contribution is -0.143. The highest BCUT2D eigenvalue weighted by atomic mass is 16.5. The van der Waals surface area contributed by atoms with Gasteiger partial charge in [-0.05, 0) is 51.4 Å². The fourth-order valence-corrected chi connectivity index (χ4v) is 8.44. The molecule has 1 amide bonds. The molecule has 0 aliphatic carbocycles. The van der Waals surface area contributed by atoms with Crippen LogP contribution in [0.3, 0.4) is 0 Å². The molecular formula is C56H107NO5. The molecule has 0 radical (unpaired) electrons. The second-order valence-electron chi connectivity index (χ2n) is 18.9. The topological polar surface area (TPSA) is 95.9 Å². The van der Waals surface area contributed by atoms with Gasteiger partial charge in [0.2, 0.25) is 5.91 Å². The summed E-state index contributed by atoms with van der Waals surface area (Å²) in [4.78, 5) is 24.4. The van der Waals surface area contributed by atoms with Crippen LogP contribution >= 0.6 is 0 Å². The third kappa shape index (κ3) is 47.8. The summed E-state index contributed by atoms with van der Waals surface area (Å²) in [5, 5.41) is 23.1. The number of aliphatic hydroxyl groups excluding tert-OH is 2. The molecule has 2 unspecified atom stereocenters. The Morgan fingerprint density at radius 1 is 0.435 bits per heavy atom. The Hall–Kier alpha value is -1.66. The van der Waals surface area contributed by atoms with Gasteiger partial charge in [0, 0.05) is 12.8 Å². The van der Waals surface area contributed by atoms with E-state index in [2.05, 4.69) is 31.3 Å². The fourth-order valence-electron chi connectivity index (χ4n) is 8.44. The maximum absolute atomic E-state index is 12.4. The Bertz CT molecular complexity index is 966. The minimum absolute atomic E-state index is 0.00467. The van der Waals surface area contributed by atoms with E-state index in [1.807, 2.05) is 6.08 Å². The van der Waals surface area contributed by atoms with Crippen molar-refractivity contribution < 1.29 is 24.5 Å². The van der Waals surface area contributed by atoms with E-state index in [1.54, 1.807) is 6.08 Å². The monoisotopic (exact) mass is 874 g/mol. The molecule has 0 aliphatic rings. The number of carbonyl (C=O) groups excluding carboxylic acids is 2. The predicted octanol–water partition coefficient (Wildman–Crippen LogP) is 16.7. The minimum atomic E-state index is -0.847. The van der Waals surface area contributed by atoms with Gasteiger partial charge in [-0.2, -0.15) is 0 Å². The molecule has 0 aromatic rings. The molecule has 0 fully saturated rings. The molecule has 0 aromatic heterocycles. The van der Waals surface area contributed by atoms with Crippen LogP contribution in [0.2, 0.25) is 0 Å². The zero-order chi connectivity index (χ0) is 45.1. The van der Waals surface area contributed by atoms with E-state index < -0.39 is 12.1 Å². The van der Waals surface area contributed by atoms with Gasteiger partial charge in [-0.3, -0.25) is 9.59 Å². The van der Waals surface area contributed by atoms with Gasteiger partial charge in [-0.1, -0.05) is 256 Å². The predicted molar refractivity (Wildman–Crippen MR) is 269 cm³/mol. The molecule has 0 aliphatic heterocycles. The SMILES string of the molecule is CCCC/C=C\CCCCCCCC(=O)OCCCCCCCCCCCCCCCCCCCCC(=O)NC(CO)C(O)/C=C/CCCCCCCCCCCCCCCC. The first-order chi connectivity index (χ1) is 30.5. The van der Waals surface area contributed by atoms with Crippen LogP contribution in [0.15, 0.2) is 24.3 Å². The van der Waals surface area contributed by atoms with Gasteiger partial charge in [-0.25, -0.2) is 0 Å². The lowest BCUT2D eigenvalue weighted by Gasteiger charge is -2.20. The summed E-state index contributed by atoms with van der Waals surface area (Å²) in [6.07, 6.45) is 61.9. The average molecular weight is 874 g/mol. The van der Waals surface area contributed by atoms with Gasteiger partial charge in [0.1, 0.15) is 0 Å². The molecule has 3 N–H and O–H groups in total. The van der Waals surface area contributed by atoms with E-state index in [1.165, 1.54) is 225 Å². The highest BCUT2D eigenvalue weighted by Gasteiger charge is 2.18. The zero-order valence-electron chi connectivity index (χ0n) is 41.6. The standard InChI is InChI=1S/C56H107NO5/c1-3-5-7-9-11-13-15-16-17-22-25-29-32-36-40-44-48-54(59)53(52-58)57-55(60)49-45-41-37-33-30-26-23-20-18-19-21-24-27-31-35-39-43-47-51-62-56(61)50-46-42-38-34-28-14-12-10-8-6-4-2/h10,12,44,48,53-54,58-59H,3-9,11,13-43,45-47,49-52H2,1-2H3,(H,57,60)/b12-10-,48-44+. The largest absolute Gasteiger partial charge is 0.466 e. The van der Waals surface area contributed by atoms with E-state index in [-0.39, 0.29) is 18.5 Å². The van der Waals surface area contributed by atoms with E-state index in [4.69, 9.17) is 4.74 Å². The van der Waals surface area contributed by atoms with Crippen LogP contribution in [0.25, 0.3) is 0 Å². The van der Waals surface area contributed by atoms with Gasteiger partial charge < -0.3 is 20.3 Å². The third-order valence-electron chi connectivity index (χ3n) is 12.7. The molecule has 2 atom stereocenters. The number of hydrogen-bond acceptors (Lipinski definition) is 5. The summed E-state index contributed by atoms with van der Waals surface area (Å²) in [5.74, 6) is -0.0757. The highest BCUT2D eigenvalue weighted by Crippen LogP contribution is 2.17. The third-order valence-corrected chi connectivity index (χ3v) is 12.7. The Morgan fingerprint density at radius 3 is 1.19 bits per heavy atom. The van der Waals surface area contributed by atoms with Crippen molar-refractivity contribution in [3.05, 3.63) is 24.3 Å². The Balaban J connectivity index is 3.45. The number of aliphatic hydroxyl groups is 2.